The number of amides is 3. The SMILES string of the molecule is CCC1=N[C@]2(CC[C@H]3CN(C(=O)Nc4ccccc4C)C[C@H]32)C(=O)N1CC. The summed E-state index contributed by atoms with van der Waals surface area (Å²) >= 11 is 0. The van der Waals surface area contributed by atoms with Crippen molar-refractivity contribution in [2.24, 2.45) is 16.8 Å². The summed E-state index contributed by atoms with van der Waals surface area (Å²) in [4.78, 5) is 34.6. The first-order valence-corrected chi connectivity index (χ1v) is 10.0. The molecule has 3 atom stereocenters. The lowest BCUT2D eigenvalue weighted by atomic mass is 9.85. The molecule has 1 aromatic carbocycles. The van der Waals surface area contributed by atoms with E-state index < -0.39 is 5.54 Å². The Bertz CT molecular complexity index is 805. The summed E-state index contributed by atoms with van der Waals surface area (Å²) in [6.07, 6.45) is 2.55. The molecule has 2 heterocycles. The molecule has 6 nitrogen and oxygen atoms in total. The van der Waals surface area contributed by atoms with E-state index in [0.717, 1.165) is 36.3 Å². The van der Waals surface area contributed by atoms with Crippen molar-refractivity contribution in [1.29, 1.82) is 0 Å². The average molecular weight is 368 g/mol. The number of nitrogens with zero attached hydrogens (tertiary/aromatic N) is 3. The van der Waals surface area contributed by atoms with Crippen molar-refractivity contribution < 1.29 is 9.59 Å². The number of hydrogen-bond acceptors (Lipinski definition) is 3. The Morgan fingerprint density at radius 2 is 2.07 bits per heavy atom. The molecule has 1 N–H and O–H groups in total. The minimum atomic E-state index is -0.635. The smallest absolute Gasteiger partial charge is 0.321 e. The van der Waals surface area contributed by atoms with Crippen molar-refractivity contribution in [2.75, 3.05) is 25.0 Å². The first-order valence-electron chi connectivity index (χ1n) is 10.0. The number of carbonyl (C=O) groups is 2. The van der Waals surface area contributed by atoms with Crippen LogP contribution in [0, 0.1) is 18.8 Å². The molecule has 1 spiro atoms. The van der Waals surface area contributed by atoms with E-state index in [-0.39, 0.29) is 17.9 Å². The van der Waals surface area contributed by atoms with Crippen molar-refractivity contribution >= 4 is 23.5 Å². The van der Waals surface area contributed by atoms with E-state index in [9.17, 15) is 9.59 Å². The predicted molar refractivity (Wildman–Crippen MR) is 106 cm³/mol. The standard InChI is InChI=1S/C21H28N4O2/c1-4-18-23-21(19(26)25(18)5-2)11-10-15-12-24(13-16(15)21)20(27)22-17-9-7-6-8-14(17)3/h6-9,15-16H,4-5,10-13H2,1-3H3,(H,22,27)/t15-,16+,21-/m0/s1. The lowest BCUT2D eigenvalue weighted by Gasteiger charge is -2.28. The lowest BCUT2D eigenvalue weighted by molar-refractivity contribution is -0.132. The number of aryl methyl sites for hydroxylation is 1. The number of fused-ring (bicyclic) bond motifs is 2. The van der Waals surface area contributed by atoms with E-state index in [1.165, 1.54) is 0 Å². The summed E-state index contributed by atoms with van der Waals surface area (Å²) in [5.41, 5.74) is 1.25. The van der Waals surface area contributed by atoms with Crippen LogP contribution in [0.2, 0.25) is 0 Å². The number of para-hydroxylation sites is 1. The molecule has 3 amide bonds. The third-order valence-corrected chi connectivity index (χ3v) is 6.51. The summed E-state index contributed by atoms with van der Waals surface area (Å²) in [5.74, 6) is 1.54. The van der Waals surface area contributed by atoms with Crippen LogP contribution in [0.1, 0.15) is 38.7 Å². The van der Waals surface area contributed by atoms with E-state index in [1.807, 2.05) is 47.9 Å². The van der Waals surface area contributed by atoms with Gasteiger partial charge in [0, 0.05) is 37.7 Å². The van der Waals surface area contributed by atoms with Gasteiger partial charge in [0.05, 0.1) is 0 Å². The van der Waals surface area contributed by atoms with Crippen molar-refractivity contribution in [3.05, 3.63) is 29.8 Å². The first kappa shape index (κ1) is 18.0. The Balaban J connectivity index is 1.52. The summed E-state index contributed by atoms with van der Waals surface area (Å²) in [6, 6.07) is 7.72. The number of likely N-dealkylation sites (tertiary alicyclic amines) is 1. The minimum absolute atomic E-state index is 0.0775. The molecule has 0 unspecified atom stereocenters. The number of benzene rings is 1. The molecule has 4 rings (SSSR count). The Morgan fingerprint density at radius 3 is 2.74 bits per heavy atom. The van der Waals surface area contributed by atoms with Crippen LogP contribution in [0.5, 0.6) is 0 Å². The highest BCUT2D eigenvalue weighted by atomic mass is 16.2. The summed E-state index contributed by atoms with van der Waals surface area (Å²) in [5, 5.41) is 3.03. The molecule has 144 valence electrons. The molecule has 1 saturated carbocycles. The lowest BCUT2D eigenvalue weighted by Crippen LogP contribution is -2.47. The van der Waals surface area contributed by atoms with Gasteiger partial charge in [-0.3, -0.25) is 14.7 Å². The fraction of sp³-hybridized carbons (Fsp3) is 0.571. The molecule has 2 aliphatic heterocycles. The molecular weight excluding hydrogens is 340 g/mol. The van der Waals surface area contributed by atoms with Gasteiger partial charge < -0.3 is 10.2 Å². The maximum absolute atomic E-state index is 13.2. The fourth-order valence-electron chi connectivity index (χ4n) is 5.06. The molecule has 1 saturated heterocycles. The Kier molecular flexibility index (Phi) is 4.44. The maximum atomic E-state index is 13.2. The summed E-state index contributed by atoms with van der Waals surface area (Å²) < 4.78 is 0. The Hall–Kier alpha value is -2.37. The molecule has 27 heavy (non-hydrogen) atoms. The summed E-state index contributed by atoms with van der Waals surface area (Å²) in [6.45, 7) is 8.03. The van der Waals surface area contributed by atoms with Gasteiger partial charge in [-0.05, 0) is 44.2 Å². The van der Waals surface area contributed by atoms with Crippen LogP contribution in [0.4, 0.5) is 10.5 Å². The van der Waals surface area contributed by atoms with Gasteiger partial charge in [-0.1, -0.05) is 25.1 Å². The number of anilines is 1. The molecule has 3 aliphatic rings. The van der Waals surface area contributed by atoms with Gasteiger partial charge in [0.15, 0.2) is 0 Å². The zero-order valence-electron chi connectivity index (χ0n) is 16.4. The molecule has 0 aromatic heterocycles. The number of rotatable bonds is 3. The molecular formula is C21H28N4O2. The van der Waals surface area contributed by atoms with Crippen molar-refractivity contribution in [3.8, 4) is 0 Å². The van der Waals surface area contributed by atoms with E-state index in [4.69, 9.17) is 4.99 Å². The quantitative estimate of drug-likeness (QED) is 0.890. The van der Waals surface area contributed by atoms with Gasteiger partial charge in [-0.25, -0.2) is 4.79 Å². The number of aliphatic imine (C=N–C) groups is 1. The minimum Gasteiger partial charge on any atom is -0.324 e. The van der Waals surface area contributed by atoms with Gasteiger partial charge in [0.1, 0.15) is 11.4 Å². The van der Waals surface area contributed by atoms with Crippen LogP contribution in [0.15, 0.2) is 29.3 Å². The second kappa shape index (κ2) is 6.66. The average Bonchev–Trinajstić information content (AvgIpc) is 3.31. The van der Waals surface area contributed by atoms with Crippen molar-refractivity contribution in [3.63, 3.8) is 0 Å². The second-order valence-corrected chi connectivity index (χ2v) is 7.91. The third kappa shape index (κ3) is 2.73. The summed E-state index contributed by atoms with van der Waals surface area (Å²) in [7, 11) is 0. The van der Waals surface area contributed by atoms with Crippen molar-refractivity contribution in [2.45, 2.75) is 45.6 Å². The maximum Gasteiger partial charge on any atom is 0.321 e. The molecule has 1 aliphatic carbocycles. The zero-order chi connectivity index (χ0) is 19.2. The zero-order valence-corrected chi connectivity index (χ0v) is 16.4. The monoisotopic (exact) mass is 368 g/mol. The van der Waals surface area contributed by atoms with Gasteiger partial charge in [0.2, 0.25) is 0 Å². The van der Waals surface area contributed by atoms with E-state index in [0.29, 0.717) is 25.6 Å². The van der Waals surface area contributed by atoms with Gasteiger partial charge >= 0.3 is 6.03 Å². The largest absolute Gasteiger partial charge is 0.324 e. The van der Waals surface area contributed by atoms with Gasteiger partial charge in [-0.15, -0.1) is 0 Å². The highest BCUT2D eigenvalue weighted by molar-refractivity contribution is 6.08. The van der Waals surface area contributed by atoms with E-state index >= 15 is 0 Å². The van der Waals surface area contributed by atoms with Crippen LogP contribution in [0.3, 0.4) is 0 Å². The molecule has 0 radical (unpaired) electrons. The topological polar surface area (TPSA) is 65.0 Å². The second-order valence-electron chi connectivity index (χ2n) is 7.91. The number of likely N-dealkylation sites (N-methyl/N-ethyl adjacent to an activating group) is 1. The number of amidine groups is 1. The molecule has 2 fully saturated rings. The number of urea groups is 1. The van der Waals surface area contributed by atoms with Crippen LogP contribution in [-0.4, -0.2) is 52.7 Å². The number of hydrogen-bond donors (Lipinski definition) is 1. The van der Waals surface area contributed by atoms with Crippen LogP contribution in [-0.2, 0) is 4.79 Å². The van der Waals surface area contributed by atoms with E-state index in [2.05, 4.69) is 12.2 Å². The molecule has 0 bridgehead atoms. The predicted octanol–water partition coefficient (Wildman–Crippen LogP) is 3.28. The van der Waals surface area contributed by atoms with Crippen LogP contribution < -0.4 is 5.32 Å². The Labute approximate surface area is 160 Å². The van der Waals surface area contributed by atoms with E-state index in [1.54, 1.807) is 0 Å². The first-order chi connectivity index (χ1) is 13.0. The fourth-order valence-corrected chi connectivity index (χ4v) is 5.06. The van der Waals surface area contributed by atoms with Gasteiger partial charge in [0.25, 0.3) is 5.91 Å². The normalized spacial score (nSPS) is 29.4. The number of carbonyl (C=O) groups excluding carboxylic acids is 2. The molecule has 6 heteroatoms. The van der Waals surface area contributed by atoms with Crippen molar-refractivity contribution in [1.82, 2.24) is 9.80 Å². The van der Waals surface area contributed by atoms with Gasteiger partial charge in [-0.2, -0.15) is 0 Å². The van der Waals surface area contributed by atoms with Crippen LogP contribution >= 0.6 is 0 Å². The van der Waals surface area contributed by atoms with Crippen LogP contribution in [0.25, 0.3) is 0 Å². The highest BCUT2D eigenvalue weighted by Crippen LogP contribution is 2.50. The Morgan fingerprint density at radius 1 is 1.30 bits per heavy atom. The highest BCUT2D eigenvalue weighted by Gasteiger charge is 2.61. The number of nitrogens with one attached hydrogen (secondary N) is 1. The third-order valence-electron chi connectivity index (χ3n) is 6.51. The molecule has 1 aromatic rings.